The van der Waals surface area contributed by atoms with E-state index < -0.39 is 23.0 Å². The fraction of sp³-hybridized carbons (Fsp3) is 0.172. The molecule has 170 valence electrons. The molecule has 0 aromatic heterocycles. The summed E-state index contributed by atoms with van der Waals surface area (Å²) in [6.45, 7) is 5.55. The normalized spacial score (nSPS) is 12.2. The lowest BCUT2D eigenvalue weighted by molar-refractivity contribution is 0.609. The Kier molecular flexibility index (Phi) is 8.42. The molecular weight excluding hydrogens is 424 g/mol. The van der Waals surface area contributed by atoms with Gasteiger partial charge in [-0.3, -0.25) is 0 Å². The highest BCUT2D eigenvalue weighted by Crippen LogP contribution is 2.32. The highest BCUT2D eigenvalue weighted by molar-refractivity contribution is 5.84. The highest BCUT2D eigenvalue weighted by Gasteiger charge is 2.16. The van der Waals surface area contributed by atoms with Crippen LogP contribution in [0.1, 0.15) is 42.0 Å². The number of halogens is 4. The van der Waals surface area contributed by atoms with Crippen LogP contribution in [0.2, 0.25) is 0 Å². The lowest BCUT2D eigenvalue weighted by Crippen LogP contribution is -1.93. The molecule has 0 amide bonds. The minimum atomic E-state index is -1.27. The Labute approximate surface area is 192 Å². The van der Waals surface area contributed by atoms with Crippen LogP contribution in [-0.2, 0) is 12.8 Å². The maximum Gasteiger partial charge on any atom is 0.169 e. The van der Waals surface area contributed by atoms with Crippen molar-refractivity contribution in [2.45, 2.75) is 32.6 Å². The van der Waals surface area contributed by atoms with E-state index in [9.17, 15) is 17.6 Å². The molecular formula is C29H26F4. The van der Waals surface area contributed by atoms with Crippen LogP contribution in [0.5, 0.6) is 0 Å². The molecule has 0 aliphatic heterocycles. The third kappa shape index (κ3) is 6.10. The maximum absolute atomic E-state index is 14.8. The summed E-state index contributed by atoms with van der Waals surface area (Å²) in [7, 11) is 0. The SMILES string of the molecule is C=CCCc1ccc(/C(F)=C(\F)c2ccc(-c3ccc(CC/C=C/C)cc3F)cc2)c(F)c1. The van der Waals surface area contributed by atoms with E-state index in [1.54, 1.807) is 18.2 Å². The van der Waals surface area contributed by atoms with Gasteiger partial charge in [-0.15, -0.1) is 6.58 Å². The van der Waals surface area contributed by atoms with Crippen molar-refractivity contribution in [2.24, 2.45) is 0 Å². The maximum atomic E-state index is 14.8. The summed E-state index contributed by atoms with van der Waals surface area (Å²) in [6.07, 6.45) is 8.49. The smallest absolute Gasteiger partial charge is 0.169 e. The van der Waals surface area contributed by atoms with E-state index in [2.05, 4.69) is 6.58 Å². The molecule has 0 saturated carbocycles. The standard InChI is InChI=1S/C29H26F4/c1-3-5-7-9-21-10-16-24(26(30)18-21)22-12-14-23(15-13-22)28(32)29(33)25-17-11-20(8-6-4-2)19-27(25)31/h3-5,10-19H,2,6-9H2,1H3/b5-3+,29-28+. The molecule has 3 rings (SSSR count). The third-order valence-corrected chi connectivity index (χ3v) is 5.42. The predicted octanol–water partition coefficient (Wildman–Crippen LogP) is 9.02. The van der Waals surface area contributed by atoms with Crippen molar-refractivity contribution in [1.29, 1.82) is 0 Å². The Balaban J connectivity index is 1.82. The van der Waals surface area contributed by atoms with Gasteiger partial charge in [-0.25, -0.2) is 17.6 Å². The van der Waals surface area contributed by atoms with Crippen LogP contribution in [0, 0.1) is 11.6 Å². The second kappa shape index (κ2) is 11.5. The van der Waals surface area contributed by atoms with E-state index >= 15 is 0 Å². The number of benzene rings is 3. The summed E-state index contributed by atoms with van der Waals surface area (Å²) in [5.41, 5.74) is 2.01. The summed E-state index contributed by atoms with van der Waals surface area (Å²) < 4.78 is 58.4. The quantitative estimate of drug-likeness (QED) is 0.173. The molecule has 0 aliphatic carbocycles. The fourth-order valence-electron chi connectivity index (χ4n) is 3.57. The number of hydrogen-bond acceptors (Lipinski definition) is 0. The molecule has 33 heavy (non-hydrogen) atoms. The van der Waals surface area contributed by atoms with Crippen molar-refractivity contribution in [2.75, 3.05) is 0 Å². The Hall–Kier alpha value is -3.40. The molecule has 0 N–H and O–H groups in total. The Bertz CT molecular complexity index is 1170. The first-order valence-corrected chi connectivity index (χ1v) is 10.9. The average molecular weight is 451 g/mol. The van der Waals surface area contributed by atoms with Gasteiger partial charge in [0, 0.05) is 16.7 Å². The van der Waals surface area contributed by atoms with Crippen LogP contribution >= 0.6 is 0 Å². The van der Waals surface area contributed by atoms with Crippen LogP contribution < -0.4 is 0 Å². The van der Waals surface area contributed by atoms with Gasteiger partial charge in [-0.05, 0) is 67.5 Å². The van der Waals surface area contributed by atoms with Crippen molar-refractivity contribution >= 4 is 11.7 Å². The minimum Gasteiger partial charge on any atom is -0.206 e. The molecule has 3 aromatic rings. The molecule has 0 fully saturated rings. The number of rotatable bonds is 9. The van der Waals surface area contributed by atoms with Gasteiger partial charge in [-0.2, -0.15) is 0 Å². The Morgan fingerprint density at radius 3 is 2.03 bits per heavy atom. The van der Waals surface area contributed by atoms with Gasteiger partial charge in [0.2, 0.25) is 0 Å². The van der Waals surface area contributed by atoms with E-state index in [1.165, 1.54) is 42.5 Å². The number of aryl methyl sites for hydroxylation is 2. The van der Waals surface area contributed by atoms with Crippen molar-refractivity contribution in [3.05, 3.63) is 119 Å². The van der Waals surface area contributed by atoms with E-state index in [0.717, 1.165) is 18.4 Å². The number of allylic oxidation sites excluding steroid dienone is 3. The van der Waals surface area contributed by atoms with E-state index in [0.29, 0.717) is 29.5 Å². The molecule has 3 aromatic carbocycles. The van der Waals surface area contributed by atoms with Crippen LogP contribution in [0.25, 0.3) is 22.8 Å². The van der Waals surface area contributed by atoms with Gasteiger partial charge in [0.25, 0.3) is 0 Å². The van der Waals surface area contributed by atoms with Gasteiger partial charge >= 0.3 is 0 Å². The number of hydrogen-bond donors (Lipinski definition) is 0. The molecule has 0 heterocycles. The fourth-order valence-corrected chi connectivity index (χ4v) is 3.57. The molecule has 0 radical (unpaired) electrons. The molecule has 0 aliphatic rings. The van der Waals surface area contributed by atoms with E-state index in [4.69, 9.17) is 0 Å². The zero-order chi connectivity index (χ0) is 23.8. The molecule has 0 bridgehead atoms. The molecule has 0 unspecified atom stereocenters. The molecule has 0 saturated heterocycles. The molecule has 0 nitrogen and oxygen atoms in total. The van der Waals surface area contributed by atoms with Crippen molar-refractivity contribution < 1.29 is 17.6 Å². The van der Waals surface area contributed by atoms with Crippen LogP contribution in [0.15, 0.2) is 85.5 Å². The highest BCUT2D eigenvalue weighted by atomic mass is 19.2. The first kappa shape index (κ1) is 24.2. The monoisotopic (exact) mass is 450 g/mol. The summed E-state index contributed by atoms with van der Waals surface area (Å²) in [4.78, 5) is 0. The Morgan fingerprint density at radius 1 is 0.788 bits per heavy atom. The lowest BCUT2D eigenvalue weighted by Gasteiger charge is -2.08. The van der Waals surface area contributed by atoms with Crippen LogP contribution in [0.4, 0.5) is 17.6 Å². The minimum absolute atomic E-state index is 0.0465. The van der Waals surface area contributed by atoms with Crippen LogP contribution in [-0.4, -0.2) is 0 Å². The van der Waals surface area contributed by atoms with Gasteiger partial charge in [0.1, 0.15) is 11.6 Å². The summed E-state index contributed by atoms with van der Waals surface area (Å²) in [5.74, 6) is -3.63. The predicted molar refractivity (Wildman–Crippen MR) is 129 cm³/mol. The zero-order valence-electron chi connectivity index (χ0n) is 18.6. The van der Waals surface area contributed by atoms with E-state index in [-0.39, 0.29) is 11.4 Å². The van der Waals surface area contributed by atoms with Gasteiger partial charge in [-0.1, -0.05) is 60.7 Å². The summed E-state index contributed by atoms with van der Waals surface area (Å²) in [5, 5.41) is 0. The average Bonchev–Trinajstić information content (AvgIpc) is 2.82. The summed E-state index contributed by atoms with van der Waals surface area (Å²) in [6, 6.07) is 14.8. The second-order valence-electron chi connectivity index (χ2n) is 7.77. The third-order valence-electron chi connectivity index (χ3n) is 5.42. The topological polar surface area (TPSA) is 0 Å². The second-order valence-corrected chi connectivity index (χ2v) is 7.77. The van der Waals surface area contributed by atoms with Gasteiger partial charge in [0.05, 0.1) is 0 Å². The molecule has 0 atom stereocenters. The van der Waals surface area contributed by atoms with Crippen molar-refractivity contribution in [3.8, 4) is 11.1 Å². The summed E-state index contributed by atoms with van der Waals surface area (Å²) >= 11 is 0. The van der Waals surface area contributed by atoms with Gasteiger partial charge < -0.3 is 0 Å². The first-order chi connectivity index (χ1) is 15.9. The zero-order valence-corrected chi connectivity index (χ0v) is 18.6. The van der Waals surface area contributed by atoms with Gasteiger partial charge in [0.15, 0.2) is 11.7 Å². The lowest BCUT2D eigenvalue weighted by atomic mass is 9.99. The largest absolute Gasteiger partial charge is 0.206 e. The van der Waals surface area contributed by atoms with Crippen molar-refractivity contribution in [1.82, 2.24) is 0 Å². The van der Waals surface area contributed by atoms with E-state index in [1.807, 2.05) is 25.1 Å². The molecule has 4 heteroatoms. The van der Waals surface area contributed by atoms with Crippen LogP contribution in [0.3, 0.4) is 0 Å². The first-order valence-electron chi connectivity index (χ1n) is 10.9. The molecule has 0 spiro atoms. The van der Waals surface area contributed by atoms with Crippen molar-refractivity contribution in [3.63, 3.8) is 0 Å². The Morgan fingerprint density at radius 2 is 1.42 bits per heavy atom.